The molecule has 0 amide bonds. The fourth-order valence-corrected chi connectivity index (χ4v) is 6.75. The van der Waals surface area contributed by atoms with E-state index in [4.69, 9.17) is 17.3 Å². The Labute approximate surface area is 228 Å². The van der Waals surface area contributed by atoms with Gasteiger partial charge in [-0.05, 0) is 59.8 Å². The van der Waals surface area contributed by atoms with E-state index in [2.05, 4.69) is 19.9 Å². The van der Waals surface area contributed by atoms with Crippen molar-refractivity contribution in [1.29, 1.82) is 0 Å². The fraction of sp³-hybridized carbons (Fsp3) is 0.154. The summed E-state index contributed by atoms with van der Waals surface area (Å²) in [5.74, 6) is 0. The summed E-state index contributed by atoms with van der Waals surface area (Å²) in [6, 6.07) is 15.1. The number of hydrogen-bond donors (Lipinski definition) is 5. The van der Waals surface area contributed by atoms with E-state index in [1.165, 1.54) is 30.7 Å². The van der Waals surface area contributed by atoms with E-state index < -0.39 is 28.3 Å². The lowest BCUT2D eigenvalue weighted by Crippen LogP contribution is -2.29. The van der Waals surface area contributed by atoms with Crippen LogP contribution >= 0.6 is 22.9 Å². The first-order valence-electron chi connectivity index (χ1n) is 11.5. The summed E-state index contributed by atoms with van der Waals surface area (Å²) in [6.45, 7) is 1.09. The van der Waals surface area contributed by atoms with Crippen molar-refractivity contribution < 1.29 is 18.6 Å². The van der Waals surface area contributed by atoms with Gasteiger partial charge in [0.2, 0.25) is 10.0 Å². The molecule has 0 saturated carbocycles. The molecule has 3 heterocycles. The highest BCUT2D eigenvalue weighted by Gasteiger charge is 2.28. The highest BCUT2D eigenvalue weighted by atomic mass is 35.5. The second-order valence-corrected chi connectivity index (χ2v) is 12.2. The maximum atomic E-state index is 13.2. The lowest BCUT2D eigenvalue weighted by molar-refractivity contribution is -0.00230. The Bertz CT molecular complexity index is 1720. The molecule has 0 bridgehead atoms. The van der Waals surface area contributed by atoms with Gasteiger partial charge in [0, 0.05) is 38.2 Å². The van der Waals surface area contributed by atoms with Crippen molar-refractivity contribution in [3.63, 3.8) is 0 Å². The van der Waals surface area contributed by atoms with Crippen LogP contribution in [0.1, 0.15) is 29.0 Å². The molecular formula is C26H24ClN5O4S2. The second kappa shape index (κ2) is 10.1. The number of hydrogen-bond acceptors (Lipinski definition) is 8. The zero-order chi connectivity index (χ0) is 27.1. The van der Waals surface area contributed by atoms with Crippen molar-refractivity contribution in [3.8, 4) is 11.3 Å². The number of aromatic nitrogens is 3. The minimum Gasteiger partial charge on any atom is -0.399 e. The zero-order valence-electron chi connectivity index (χ0n) is 20.1. The number of nitrogens with one attached hydrogen (secondary N) is 2. The Hall–Kier alpha value is -3.32. The van der Waals surface area contributed by atoms with Gasteiger partial charge in [-0.15, -0.1) is 11.3 Å². The van der Waals surface area contributed by atoms with Crippen LogP contribution in [0.5, 0.6) is 0 Å². The van der Waals surface area contributed by atoms with Crippen LogP contribution in [0.3, 0.4) is 0 Å². The Balaban J connectivity index is 1.66. The molecule has 0 saturated heterocycles. The highest BCUT2D eigenvalue weighted by Crippen LogP contribution is 2.41. The van der Waals surface area contributed by atoms with Gasteiger partial charge in [-0.3, -0.25) is 10.1 Å². The third-order valence-corrected chi connectivity index (χ3v) is 9.18. The van der Waals surface area contributed by atoms with E-state index >= 15 is 0 Å². The summed E-state index contributed by atoms with van der Waals surface area (Å²) in [4.78, 5) is 5.17. The number of H-pyrrole nitrogens is 1. The molecule has 5 rings (SSSR count). The average Bonchev–Trinajstić information content (AvgIpc) is 3.60. The van der Waals surface area contributed by atoms with Crippen LogP contribution in [-0.2, 0) is 15.6 Å². The summed E-state index contributed by atoms with van der Waals surface area (Å²) >= 11 is 7.93. The van der Waals surface area contributed by atoms with Crippen molar-refractivity contribution >= 4 is 48.7 Å². The van der Waals surface area contributed by atoms with Crippen molar-refractivity contribution in [2.45, 2.75) is 23.5 Å². The van der Waals surface area contributed by atoms with Crippen LogP contribution in [0.15, 0.2) is 78.1 Å². The molecule has 0 aliphatic rings. The second-order valence-electron chi connectivity index (χ2n) is 9.00. The number of rotatable bonds is 8. The molecule has 3 aromatic heterocycles. The molecule has 38 heavy (non-hydrogen) atoms. The SMILES string of the molecule is C[C@@](O)(CO)c1ccnc(-c2cccc3cc(C(NS(=O)(=O)c4cn[nH]c4)c4cc(N)ccc4Cl)sc23)c1. The number of aliphatic hydroxyl groups excluding tert-OH is 1. The van der Waals surface area contributed by atoms with Crippen molar-refractivity contribution in [2.24, 2.45) is 0 Å². The lowest BCUT2D eigenvalue weighted by Gasteiger charge is -2.21. The molecule has 9 nitrogen and oxygen atoms in total. The first-order chi connectivity index (χ1) is 18.1. The molecule has 0 aliphatic heterocycles. The number of aliphatic hydroxyl groups is 2. The van der Waals surface area contributed by atoms with Gasteiger partial charge in [0.25, 0.3) is 0 Å². The minimum absolute atomic E-state index is 0.0127. The molecule has 6 N–H and O–H groups in total. The number of nitrogen functional groups attached to an aromatic ring is 1. The van der Waals surface area contributed by atoms with Gasteiger partial charge < -0.3 is 15.9 Å². The third kappa shape index (κ3) is 5.04. The van der Waals surface area contributed by atoms with Gasteiger partial charge in [-0.1, -0.05) is 29.8 Å². The van der Waals surface area contributed by atoms with Crippen LogP contribution in [-0.4, -0.2) is 40.4 Å². The van der Waals surface area contributed by atoms with Gasteiger partial charge in [0.15, 0.2) is 0 Å². The normalized spacial score (nSPS) is 14.4. The Morgan fingerprint density at radius 1 is 1.21 bits per heavy atom. The summed E-state index contributed by atoms with van der Waals surface area (Å²) in [7, 11) is -3.97. The van der Waals surface area contributed by atoms with Crippen LogP contribution in [0.25, 0.3) is 21.3 Å². The number of benzene rings is 2. The zero-order valence-corrected chi connectivity index (χ0v) is 22.5. The van der Waals surface area contributed by atoms with Gasteiger partial charge in [-0.25, -0.2) is 8.42 Å². The van der Waals surface area contributed by atoms with Crippen molar-refractivity contribution in [2.75, 3.05) is 12.3 Å². The summed E-state index contributed by atoms with van der Waals surface area (Å²) in [5, 5.41) is 27.7. The van der Waals surface area contributed by atoms with Gasteiger partial charge in [-0.2, -0.15) is 9.82 Å². The summed E-state index contributed by atoms with van der Waals surface area (Å²) in [5.41, 5.74) is 7.49. The monoisotopic (exact) mass is 569 g/mol. The van der Waals surface area contributed by atoms with Crippen molar-refractivity contribution in [1.82, 2.24) is 19.9 Å². The summed E-state index contributed by atoms with van der Waals surface area (Å²) < 4.78 is 30.1. The van der Waals surface area contributed by atoms with Crippen LogP contribution in [0, 0.1) is 0 Å². The van der Waals surface area contributed by atoms with E-state index in [1.54, 1.807) is 36.5 Å². The maximum Gasteiger partial charge on any atom is 0.244 e. The highest BCUT2D eigenvalue weighted by molar-refractivity contribution is 7.89. The molecule has 0 fully saturated rings. The largest absolute Gasteiger partial charge is 0.399 e. The van der Waals surface area contributed by atoms with E-state index in [9.17, 15) is 18.6 Å². The molecule has 1 unspecified atom stereocenters. The average molecular weight is 570 g/mol. The molecule has 12 heteroatoms. The maximum absolute atomic E-state index is 13.2. The van der Waals surface area contributed by atoms with Crippen molar-refractivity contribution in [3.05, 3.63) is 94.2 Å². The first kappa shape index (κ1) is 26.3. The van der Waals surface area contributed by atoms with Gasteiger partial charge >= 0.3 is 0 Å². The molecule has 196 valence electrons. The third-order valence-electron chi connectivity index (χ3n) is 6.20. The number of nitrogens with zero attached hydrogens (tertiary/aromatic N) is 2. The number of aromatic amines is 1. The van der Waals surface area contributed by atoms with E-state index in [0.29, 0.717) is 32.4 Å². The number of pyridine rings is 1. The molecule has 0 radical (unpaired) electrons. The predicted octanol–water partition coefficient (Wildman–Crippen LogP) is 4.19. The first-order valence-corrected chi connectivity index (χ1v) is 14.2. The Morgan fingerprint density at radius 2 is 2.03 bits per heavy atom. The molecule has 5 aromatic rings. The molecule has 0 aliphatic carbocycles. The predicted molar refractivity (Wildman–Crippen MR) is 148 cm³/mol. The standard InChI is InChI=1S/C26H24ClN5O4S2/c1-26(34,14-33)16-7-8-29-22(10-16)19-4-2-3-15-9-23(37-25(15)19)24(20-11-17(28)5-6-21(20)27)32-38(35,36)18-12-30-31-13-18/h2-13,24,32-34H,14,28H2,1H3,(H,30,31)/t24?,26-/m1/s1. The van der Waals surface area contributed by atoms with Crippen LogP contribution < -0.4 is 10.5 Å². The molecule has 2 aromatic carbocycles. The number of thiophene rings is 1. The number of halogens is 1. The van der Waals surface area contributed by atoms with E-state index in [0.717, 1.165) is 15.6 Å². The number of fused-ring (bicyclic) bond motifs is 1. The molecule has 2 atom stereocenters. The smallest absolute Gasteiger partial charge is 0.244 e. The van der Waals surface area contributed by atoms with Crippen LogP contribution in [0.2, 0.25) is 5.02 Å². The van der Waals surface area contributed by atoms with E-state index in [1.807, 2.05) is 24.3 Å². The van der Waals surface area contributed by atoms with Gasteiger partial charge in [0.1, 0.15) is 10.5 Å². The Kier molecular flexibility index (Phi) is 6.99. The van der Waals surface area contributed by atoms with E-state index in [-0.39, 0.29) is 4.90 Å². The number of sulfonamides is 1. The quantitative estimate of drug-likeness (QED) is 0.175. The van der Waals surface area contributed by atoms with Crippen LogP contribution in [0.4, 0.5) is 5.69 Å². The summed E-state index contributed by atoms with van der Waals surface area (Å²) in [6.07, 6.45) is 4.10. The fourth-order valence-electron chi connectivity index (χ4n) is 4.10. The minimum atomic E-state index is -3.97. The number of anilines is 1. The van der Waals surface area contributed by atoms with Gasteiger partial charge in [0.05, 0.1) is 24.5 Å². The Morgan fingerprint density at radius 3 is 2.76 bits per heavy atom. The molecule has 0 spiro atoms. The number of nitrogens with two attached hydrogens (primary N) is 1. The molecular weight excluding hydrogens is 546 g/mol. The topological polar surface area (TPSA) is 154 Å². The lowest BCUT2D eigenvalue weighted by atomic mass is 9.96.